The quantitative estimate of drug-likeness (QED) is 0.0275. The van der Waals surface area contributed by atoms with E-state index in [0.717, 1.165) is 241 Å². The summed E-state index contributed by atoms with van der Waals surface area (Å²) in [6.07, 6.45) is 51.6. The lowest BCUT2D eigenvalue weighted by molar-refractivity contribution is 0.0538. The van der Waals surface area contributed by atoms with E-state index in [1.54, 1.807) is 0 Å². The van der Waals surface area contributed by atoms with E-state index in [-0.39, 0.29) is 0 Å². The molecule has 2 aliphatic heterocycles. The summed E-state index contributed by atoms with van der Waals surface area (Å²) in [7, 11) is 12.4. The van der Waals surface area contributed by atoms with Crippen molar-refractivity contribution in [3.8, 4) is 0 Å². The van der Waals surface area contributed by atoms with Crippen molar-refractivity contribution in [3.05, 3.63) is 35.4 Å². The van der Waals surface area contributed by atoms with Gasteiger partial charge >= 0.3 is 0 Å². The molecule has 0 aliphatic carbocycles. The van der Waals surface area contributed by atoms with Crippen molar-refractivity contribution in [3.63, 3.8) is 0 Å². The van der Waals surface area contributed by atoms with Gasteiger partial charge in [0.2, 0.25) is 0 Å². The topological polar surface area (TPSA) is 535 Å². The summed E-state index contributed by atoms with van der Waals surface area (Å²) in [6.45, 7) is 52.1. The molecule has 134 heavy (non-hydrogen) atoms. The number of aliphatic hydroxyl groups excluding tert-OH is 1. The molecular weight excluding hydrogens is 1680 g/mol. The average molecular weight is 1930 g/mol. The van der Waals surface area contributed by atoms with Gasteiger partial charge in [0.25, 0.3) is 0 Å². The predicted molar refractivity (Wildman–Crippen MR) is 594 cm³/mol. The molecular formula is C103H245N27O4. The van der Waals surface area contributed by atoms with Crippen LogP contribution >= 0.6 is 0 Å². The van der Waals surface area contributed by atoms with Crippen LogP contribution in [0.15, 0.2) is 24.3 Å². The molecule has 0 unspecified atom stereocenters. The number of benzene rings is 1. The van der Waals surface area contributed by atoms with Crippen molar-refractivity contribution in [2.75, 3.05) is 337 Å². The molecule has 0 amide bonds. The first-order valence-corrected chi connectivity index (χ1v) is 54.7. The minimum Gasteiger partial charge on any atom is -0.396 e. The number of nitrogens with zero attached hydrogens (tertiary/aromatic N) is 7. The van der Waals surface area contributed by atoms with Crippen LogP contribution in [0.4, 0.5) is 0 Å². The second-order valence-corrected chi connectivity index (χ2v) is 35.3. The lowest BCUT2D eigenvalue weighted by Crippen LogP contribution is -2.49. The Labute approximate surface area is 832 Å². The number of likely N-dealkylation sites (N-methyl/N-ethyl adjacent to an activating group) is 2. The molecule has 0 saturated carbocycles. The number of nitrogens with two attached hydrogens (primary N) is 16. The van der Waals surface area contributed by atoms with E-state index in [2.05, 4.69) is 136 Å². The summed E-state index contributed by atoms with van der Waals surface area (Å²) in [4.78, 5) is 17.0. The van der Waals surface area contributed by atoms with Crippen LogP contribution in [0.3, 0.4) is 0 Å². The number of piperazine rings is 2. The molecule has 0 spiro atoms. The zero-order chi connectivity index (χ0) is 101. The molecule has 31 heteroatoms. The van der Waals surface area contributed by atoms with Crippen LogP contribution in [-0.4, -0.2) is 377 Å². The fourth-order valence-electron chi connectivity index (χ4n) is 13.2. The summed E-state index contributed by atoms with van der Waals surface area (Å²) < 4.78 is 15.3. The summed E-state index contributed by atoms with van der Waals surface area (Å²) in [5.41, 5.74) is 88.4. The van der Waals surface area contributed by atoms with E-state index in [1.165, 1.54) is 282 Å². The van der Waals surface area contributed by atoms with E-state index < -0.39 is 0 Å². The number of hydrogen-bond donors (Lipinski definition) is 21. The molecule has 2 aliphatic rings. The van der Waals surface area contributed by atoms with E-state index in [0.29, 0.717) is 52.7 Å². The Morgan fingerprint density at radius 1 is 0.261 bits per heavy atom. The minimum absolute atomic E-state index is 0.324. The highest BCUT2D eigenvalue weighted by Crippen LogP contribution is 2.11. The van der Waals surface area contributed by atoms with Crippen LogP contribution in [0.25, 0.3) is 0 Å². The van der Waals surface area contributed by atoms with Crippen molar-refractivity contribution in [1.29, 1.82) is 0 Å². The molecule has 2 fully saturated rings. The smallest absolute Gasteiger partial charge is 0.0701 e. The zero-order valence-corrected chi connectivity index (χ0v) is 90.9. The highest BCUT2D eigenvalue weighted by molar-refractivity contribution is 5.22. The van der Waals surface area contributed by atoms with Crippen LogP contribution in [0.2, 0.25) is 0 Å². The van der Waals surface area contributed by atoms with Gasteiger partial charge in [-0.25, -0.2) is 0 Å². The number of aryl methyl sites for hydroxylation is 1. The number of rotatable bonds is 80. The standard InChI is InChI=1S/C11H25N3.C11H26N2.C11H25N.C10H25N5.C10H25N3.C9H22N2.C9H13N.C7H19N3.C7H18N2.C6H16N2O2.C6H16N2O.C6H15NO/c1-2-3-6-13-8-10-14(11-9-13)7-4-5-12;12-10-8-6-4-2-1-3-5-7-9-11-13;1-4-6-8-10-12(3)11-9-7-5-2;11-1-3-13-4-6-15-9-7-14(5-2-12)8-10-15;11-7-3-1-5-9-13-10-6-2-4-8-12;1-11(2)9-7-5-3-4-6-8-10;1-2-8-3-5-9(7-10)6-4-8;1-10(6-2-4-8)7-3-5-9;8-6-4-2-1-3-5-7-9;7-1-3-9-5-6-10-4-2-8;1-7-3-5-9-6-4-8-2;7-5-3-1-2-4-6-8/h2-12H2,1H3;1-13H2;4-11H2,1-3H3;13H,1-12H2;13H,1-12H2;3-10H2,1-2H3;3-6H,2,7,10H2,1H3;2-9H2,1H3;1-9H2;1-8H2;7-8H,3-6H2,1-2H3;8H,1-7H2. The van der Waals surface area contributed by atoms with Crippen molar-refractivity contribution >= 4 is 0 Å². The SMILES string of the molecule is CCCCCN(C)CCCCC.CCCCN1CCN(CCCN)CC1.CCc1ccc(CN)cc1.CN(C)CCCCCCCN.CN(CCCN)CCCN.CNCCOCCNC.NCCCCCCCCCCCN.NCCCCCCCN.NCCCCCCO.NCCCCCNCCCCCN.NCCNCCN1CCN(CCN)CC1.NCCOCCOCCN. The monoisotopic (exact) mass is 1920 g/mol. The summed E-state index contributed by atoms with van der Waals surface area (Å²) in [5, 5.41) is 21.1. The largest absolute Gasteiger partial charge is 0.396 e. The van der Waals surface area contributed by atoms with Crippen molar-refractivity contribution in [2.24, 2.45) is 91.7 Å². The highest BCUT2D eigenvalue weighted by Gasteiger charge is 2.17. The second kappa shape index (κ2) is 146. The predicted octanol–water partition coefficient (Wildman–Crippen LogP) is 7.92. The molecule has 816 valence electrons. The maximum atomic E-state index is 8.33. The van der Waals surface area contributed by atoms with Gasteiger partial charge in [-0.3, -0.25) is 9.80 Å². The van der Waals surface area contributed by atoms with E-state index in [1.807, 2.05) is 14.1 Å². The molecule has 0 atom stereocenters. The van der Waals surface area contributed by atoms with Gasteiger partial charge in [-0.05, 0) is 306 Å². The van der Waals surface area contributed by atoms with Gasteiger partial charge in [-0.1, -0.05) is 193 Å². The van der Waals surface area contributed by atoms with Gasteiger partial charge in [0, 0.05) is 131 Å². The minimum atomic E-state index is 0.324. The van der Waals surface area contributed by atoms with Crippen LogP contribution in [-0.2, 0) is 27.2 Å². The van der Waals surface area contributed by atoms with Gasteiger partial charge < -0.3 is 157 Å². The van der Waals surface area contributed by atoms with E-state index >= 15 is 0 Å². The zero-order valence-electron chi connectivity index (χ0n) is 90.9. The van der Waals surface area contributed by atoms with E-state index in [9.17, 15) is 0 Å². The molecule has 31 nitrogen and oxygen atoms in total. The van der Waals surface area contributed by atoms with Gasteiger partial charge in [-0.2, -0.15) is 0 Å². The molecule has 0 bridgehead atoms. The van der Waals surface area contributed by atoms with Gasteiger partial charge in [0.05, 0.1) is 39.6 Å². The normalized spacial score (nSPS) is 12.5. The van der Waals surface area contributed by atoms with Gasteiger partial charge in [0.1, 0.15) is 0 Å². The Bertz CT molecular complexity index is 1870. The van der Waals surface area contributed by atoms with Crippen LogP contribution < -0.4 is 113 Å². The number of hydrogen-bond acceptors (Lipinski definition) is 31. The van der Waals surface area contributed by atoms with Crippen LogP contribution in [0.1, 0.15) is 296 Å². The van der Waals surface area contributed by atoms with Crippen LogP contribution in [0.5, 0.6) is 0 Å². The van der Waals surface area contributed by atoms with Crippen molar-refractivity contribution in [1.82, 2.24) is 55.6 Å². The van der Waals surface area contributed by atoms with Gasteiger partial charge in [-0.15, -0.1) is 0 Å². The second-order valence-electron chi connectivity index (χ2n) is 35.3. The summed E-state index contributed by atoms with van der Waals surface area (Å²) >= 11 is 0. The first kappa shape index (κ1) is 150. The highest BCUT2D eigenvalue weighted by atomic mass is 16.5. The molecule has 2 saturated heterocycles. The van der Waals surface area contributed by atoms with Crippen LogP contribution in [0, 0.1) is 0 Å². The Hall–Kier alpha value is -2.02. The third kappa shape index (κ3) is 153. The van der Waals surface area contributed by atoms with E-state index in [4.69, 9.17) is 111 Å². The summed E-state index contributed by atoms with van der Waals surface area (Å²) in [6, 6.07) is 8.42. The number of nitrogens with one attached hydrogen (secondary N) is 4. The summed E-state index contributed by atoms with van der Waals surface area (Å²) in [5.74, 6) is 0. The maximum absolute atomic E-state index is 8.33. The van der Waals surface area contributed by atoms with Gasteiger partial charge in [0.15, 0.2) is 0 Å². The lowest BCUT2D eigenvalue weighted by atomic mass is 10.1. The maximum Gasteiger partial charge on any atom is 0.0701 e. The first-order chi connectivity index (χ1) is 65.5. The fraction of sp³-hybridized carbons (Fsp3) is 0.942. The molecule has 3 rings (SSSR count). The molecule has 37 N–H and O–H groups in total. The third-order valence-electron chi connectivity index (χ3n) is 22.0. The Morgan fingerprint density at radius 2 is 0.552 bits per heavy atom. The molecule has 0 aromatic heterocycles. The Kier molecular flexibility index (Phi) is 163. The molecule has 0 radical (unpaired) electrons. The van der Waals surface area contributed by atoms with Crippen molar-refractivity contribution < 1.29 is 19.3 Å². The Balaban J connectivity index is -0.000000182. The number of unbranched alkanes of at least 4 members (excludes halogenated alkanes) is 28. The third-order valence-corrected chi connectivity index (χ3v) is 22.0. The first-order valence-electron chi connectivity index (χ1n) is 54.7. The molecule has 1 aromatic carbocycles. The average Bonchev–Trinajstić information content (AvgIpc) is 0.859. The number of aliphatic hydroxyl groups is 1. The lowest BCUT2D eigenvalue weighted by Gasteiger charge is -2.34. The number of ether oxygens (including phenoxy) is 3. The fourth-order valence-corrected chi connectivity index (χ4v) is 13.2. The molecule has 1 aromatic rings. The molecule has 2 heterocycles. The van der Waals surface area contributed by atoms with Crippen molar-refractivity contribution in [2.45, 2.75) is 297 Å². The Morgan fingerprint density at radius 3 is 0.858 bits per heavy atom.